The van der Waals surface area contributed by atoms with Gasteiger partial charge in [0.2, 0.25) is 5.90 Å². The number of hydrogen-bond donors (Lipinski definition) is 0. The summed E-state index contributed by atoms with van der Waals surface area (Å²) in [7, 11) is 1.59. The van der Waals surface area contributed by atoms with E-state index in [4.69, 9.17) is 9.47 Å². The number of cyclic esters (lactones) is 1. The molecular formula is C23H25N3O3S. The van der Waals surface area contributed by atoms with Crippen molar-refractivity contribution in [3.63, 3.8) is 0 Å². The summed E-state index contributed by atoms with van der Waals surface area (Å²) in [6.45, 7) is 7.92. The Morgan fingerprint density at radius 2 is 1.93 bits per heavy atom. The third-order valence-corrected chi connectivity index (χ3v) is 6.81. The van der Waals surface area contributed by atoms with E-state index in [9.17, 15) is 4.79 Å². The summed E-state index contributed by atoms with van der Waals surface area (Å²) in [5.74, 6) is 1.46. The number of rotatable bonds is 6. The van der Waals surface area contributed by atoms with Crippen LogP contribution in [0.25, 0.3) is 10.2 Å². The first-order valence-corrected chi connectivity index (χ1v) is 10.8. The maximum absolute atomic E-state index is 12.6. The van der Waals surface area contributed by atoms with Crippen LogP contribution in [0.5, 0.6) is 5.75 Å². The molecule has 0 bridgehead atoms. The smallest absolute Gasteiger partial charge is 0.340 e. The molecular weight excluding hydrogens is 398 g/mol. The summed E-state index contributed by atoms with van der Waals surface area (Å²) in [6.07, 6.45) is 2.31. The van der Waals surface area contributed by atoms with Crippen molar-refractivity contribution in [1.29, 1.82) is 0 Å². The second-order valence-corrected chi connectivity index (χ2v) is 8.90. The molecule has 3 aromatic rings. The van der Waals surface area contributed by atoms with Crippen molar-refractivity contribution in [2.24, 2.45) is 4.99 Å². The lowest BCUT2D eigenvalue weighted by Gasteiger charge is -2.15. The fourth-order valence-corrected chi connectivity index (χ4v) is 5.25. The Bertz CT molecular complexity index is 1170. The van der Waals surface area contributed by atoms with Gasteiger partial charge in [0.25, 0.3) is 0 Å². The predicted molar refractivity (Wildman–Crippen MR) is 119 cm³/mol. The van der Waals surface area contributed by atoms with Gasteiger partial charge >= 0.3 is 5.97 Å². The molecule has 1 aliphatic rings. The Balaban J connectivity index is 1.52. The van der Waals surface area contributed by atoms with Gasteiger partial charge in [0.05, 0.1) is 12.7 Å². The number of carbonyl (C=O) groups excluding carboxylic acids is 1. The zero-order valence-corrected chi connectivity index (χ0v) is 18.7. The van der Waals surface area contributed by atoms with E-state index in [0.717, 1.165) is 34.6 Å². The van der Waals surface area contributed by atoms with Gasteiger partial charge in [-0.2, -0.15) is 0 Å². The van der Waals surface area contributed by atoms with Crippen LogP contribution in [0.1, 0.15) is 47.3 Å². The third kappa shape index (κ3) is 3.58. The molecule has 1 unspecified atom stereocenters. The molecule has 156 valence electrons. The van der Waals surface area contributed by atoms with E-state index in [0.29, 0.717) is 23.6 Å². The minimum Gasteiger partial charge on any atom is -0.496 e. The molecule has 0 N–H and O–H groups in total. The van der Waals surface area contributed by atoms with Gasteiger partial charge in [-0.05, 0) is 64.7 Å². The number of thiophene rings is 1. The molecule has 3 heterocycles. The number of esters is 1. The quantitative estimate of drug-likeness (QED) is 0.537. The van der Waals surface area contributed by atoms with E-state index in [-0.39, 0.29) is 5.97 Å². The van der Waals surface area contributed by atoms with Crippen molar-refractivity contribution >= 4 is 33.4 Å². The molecule has 4 rings (SSSR count). The lowest BCUT2D eigenvalue weighted by Crippen LogP contribution is -2.30. The number of hydrogen-bond acceptors (Lipinski definition) is 7. The monoisotopic (exact) mass is 423 g/mol. The van der Waals surface area contributed by atoms with Crippen LogP contribution in [0.2, 0.25) is 0 Å². The number of ether oxygens (including phenoxy) is 2. The van der Waals surface area contributed by atoms with Crippen molar-refractivity contribution in [2.45, 2.75) is 52.5 Å². The first kappa shape index (κ1) is 20.5. The summed E-state index contributed by atoms with van der Waals surface area (Å²) < 4.78 is 10.9. The normalized spacial score (nSPS) is 18.6. The number of fused-ring (bicyclic) bond motifs is 1. The van der Waals surface area contributed by atoms with Crippen molar-refractivity contribution < 1.29 is 14.3 Å². The lowest BCUT2D eigenvalue weighted by molar-refractivity contribution is -0.138. The molecule has 6 nitrogen and oxygen atoms in total. The number of methoxy groups -OCH3 is 1. The van der Waals surface area contributed by atoms with Crippen LogP contribution in [0.3, 0.4) is 0 Å². The van der Waals surface area contributed by atoms with E-state index in [1.165, 1.54) is 10.4 Å². The molecule has 30 heavy (non-hydrogen) atoms. The SMILES string of the molecule is COc1ccccc1C1=NC(C)(CCCc2sc3nc(C)nc(C)c3c2C)C(=O)O1. The van der Waals surface area contributed by atoms with E-state index >= 15 is 0 Å². The summed E-state index contributed by atoms with van der Waals surface area (Å²) in [5.41, 5.74) is 2.08. The van der Waals surface area contributed by atoms with Crippen LogP contribution in [0.15, 0.2) is 29.3 Å². The largest absolute Gasteiger partial charge is 0.496 e. The van der Waals surface area contributed by atoms with Crippen LogP contribution >= 0.6 is 11.3 Å². The van der Waals surface area contributed by atoms with Crippen LogP contribution in [-0.2, 0) is 16.0 Å². The molecule has 1 aromatic carbocycles. The maximum Gasteiger partial charge on any atom is 0.340 e. The van der Waals surface area contributed by atoms with Gasteiger partial charge < -0.3 is 9.47 Å². The van der Waals surface area contributed by atoms with Crippen molar-refractivity contribution in [1.82, 2.24) is 9.97 Å². The summed E-state index contributed by atoms with van der Waals surface area (Å²) >= 11 is 1.72. The van der Waals surface area contributed by atoms with Gasteiger partial charge in [-0.3, -0.25) is 0 Å². The molecule has 0 aliphatic carbocycles. The van der Waals surface area contributed by atoms with Crippen LogP contribution in [0, 0.1) is 20.8 Å². The van der Waals surface area contributed by atoms with Gasteiger partial charge in [0.1, 0.15) is 16.4 Å². The topological polar surface area (TPSA) is 73.7 Å². The van der Waals surface area contributed by atoms with Crippen LogP contribution < -0.4 is 4.74 Å². The van der Waals surface area contributed by atoms with Crippen molar-refractivity contribution in [2.75, 3.05) is 7.11 Å². The first-order chi connectivity index (χ1) is 14.3. The molecule has 0 fully saturated rings. The molecule has 2 aromatic heterocycles. The highest BCUT2D eigenvalue weighted by Gasteiger charge is 2.42. The average molecular weight is 424 g/mol. The van der Waals surface area contributed by atoms with Crippen LogP contribution in [-0.4, -0.2) is 34.5 Å². The number of nitrogens with zero attached hydrogens (tertiary/aromatic N) is 3. The fourth-order valence-electron chi connectivity index (χ4n) is 3.94. The Morgan fingerprint density at radius 3 is 2.70 bits per heavy atom. The minimum atomic E-state index is -0.882. The molecule has 1 aliphatic heterocycles. The number of aryl methyl sites for hydroxylation is 4. The summed E-state index contributed by atoms with van der Waals surface area (Å²) in [4.78, 5) is 28.7. The molecule has 1 atom stereocenters. The van der Waals surface area contributed by atoms with E-state index in [2.05, 4.69) is 21.9 Å². The highest BCUT2D eigenvalue weighted by atomic mass is 32.1. The van der Waals surface area contributed by atoms with E-state index in [1.54, 1.807) is 18.4 Å². The summed E-state index contributed by atoms with van der Waals surface area (Å²) in [5, 5.41) is 1.16. The van der Waals surface area contributed by atoms with Gasteiger partial charge in [-0.1, -0.05) is 12.1 Å². The van der Waals surface area contributed by atoms with Crippen molar-refractivity contribution in [3.8, 4) is 5.75 Å². The molecule has 0 saturated heterocycles. The molecule has 7 heteroatoms. The third-order valence-electron chi connectivity index (χ3n) is 5.56. The molecule has 0 saturated carbocycles. The fraction of sp³-hybridized carbons (Fsp3) is 0.391. The van der Waals surface area contributed by atoms with Crippen molar-refractivity contribution in [3.05, 3.63) is 51.8 Å². The van der Waals surface area contributed by atoms with Gasteiger partial charge in [0.15, 0.2) is 5.54 Å². The lowest BCUT2D eigenvalue weighted by atomic mass is 9.95. The summed E-state index contributed by atoms with van der Waals surface area (Å²) in [6, 6.07) is 7.43. The second-order valence-electron chi connectivity index (χ2n) is 7.82. The van der Waals surface area contributed by atoms with E-state index in [1.807, 2.05) is 45.0 Å². The van der Waals surface area contributed by atoms with Gasteiger partial charge in [-0.25, -0.2) is 19.8 Å². The van der Waals surface area contributed by atoms with Gasteiger partial charge in [-0.15, -0.1) is 11.3 Å². The Kier molecular flexibility index (Phi) is 5.32. The number of para-hydroxylation sites is 1. The van der Waals surface area contributed by atoms with Crippen LogP contribution in [0.4, 0.5) is 0 Å². The number of aliphatic imine (C=N–C) groups is 1. The highest BCUT2D eigenvalue weighted by molar-refractivity contribution is 7.18. The zero-order valence-electron chi connectivity index (χ0n) is 17.9. The Hall–Kier alpha value is -2.80. The standard InChI is InChI=1S/C23H25N3O3S/c1-13-18(30-21-19(13)14(2)24-15(3)25-21)11-8-12-23(4)22(27)29-20(26-23)16-9-6-7-10-17(16)28-5/h6-7,9-10H,8,11-12H2,1-5H3. The number of carbonyl (C=O) groups is 1. The first-order valence-electron chi connectivity index (χ1n) is 10.0. The highest BCUT2D eigenvalue weighted by Crippen LogP contribution is 2.34. The molecule has 0 spiro atoms. The number of aromatic nitrogens is 2. The Morgan fingerprint density at radius 1 is 1.17 bits per heavy atom. The van der Waals surface area contributed by atoms with Gasteiger partial charge in [0, 0.05) is 16.0 Å². The zero-order chi connectivity index (χ0) is 21.5. The maximum atomic E-state index is 12.6. The number of benzene rings is 1. The molecule has 0 radical (unpaired) electrons. The second kappa shape index (κ2) is 7.80. The Labute approximate surface area is 180 Å². The average Bonchev–Trinajstić information content (AvgIpc) is 3.18. The van der Waals surface area contributed by atoms with E-state index < -0.39 is 5.54 Å². The predicted octanol–water partition coefficient (Wildman–Crippen LogP) is 4.71. The molecule has 0 amide bonds. The minimum absolute atomic E-state index is 0.311.